The van der Waals surface area contributed by atoms with E-state index in [2.05, 4.69) is 23.4 Å². The number of nitrogens with one attached hydrogen (secondary N) is 1. The van der Waals surface area contributed by atoms with E-state index in [1.807, 2.05) is 11.8 Å². The lowest BCUT2D eigenvalue weighted by atomic mass is 9.85. The SMILES string of the molecule is C#CCN(CCC(=O)C(C)(C)NCCO)C(C)C(=O)CCCCCN1C(=O)[C@@H]2[C@H](C1=O)[C@H]1C=C[C@@H]2C1. The molecule has 8 nitrogen and oxygen atoms in total. The molecule has 1 aliphatic heterocycles. The van der Waals surface area contributed by atoms with Crippen molar-refractivity contribution in [2.75, 3.05) is 32.8 Å². The largest absolute Gasteiger partial charge is 0.395 e. The van der Waals surface area contributed by atoms with Crippen molar-refractivity contribution in [2.24, 2.45) is 23.7 Å². The first kappa shape index (κ1) is 28.2. The number of rotatable bonds is 16. The molecule has 2 amide bonds. The third-order valence-electron chi connectivity index (χ3n) is 8.18. The van der Waals surface area contributed by atoms with Crippen molar-refractivity contribution in [1.82, 2.24) is 15.1 Å². The number of carbonyl (C=O) groups excluding carboxylic acids is 4. The van der Waals surface area contributed by atoms with Gasteiger partial charge < -0.3 is 10.4 Å². The first-order chi connectivity index (χ1) is 17.1. The zero-order valence-electron chi connectivity index (χ0n) is 21.9. The average molecular weight is 500 g/mol. The van der Waals surface area contributed by atoms with Crippen molar-refractivity contribution in [2.45, 2.75) is 70.9 Å². The molecule has 1 unspecified atom stereocenters. The molecule has 1 heterocycles. The summed E-state index contributed by atoms with van der Waals surface area (Å²) in [5.74, 6) is 2.77. The van der Waals surface area contributed by atoms with Crippen LogP contribution < -0.4 is 5.32 Å². The molecule has 1 saturated carbocycles. The van der Waals surface area contributed by atoms with Gasteiger partial charge in [-0.05, 0) is 51.9 Å². The summed E-state index contributed by atoms with van der Waals surface area (Å²) >= 11 is 0. The Hall–Kier alpha value is -2.34. The van der Waals surface area contributed by atoms with Gasteiger partial charge in [0.1, 0.15) is 5.78 Å². The fraction of sp³-hybridized carbons (Fsp3) is 0.714. The molecular formula is C28H41N3O5. The molecule has 2 N–H and O–H groups in total. The summed E-state index contributed by atoms with van der Waals surface area (Å²) in [7, 11) is 0. The number of Topliss-reactive ketones (excluding diaryl/α,β-unsaturated/α-hetero) is 2. The number of nitrogens with zero attached hydrogens (tertiary/aromatic N) is 2. The first-order valence-corrected chi connectivity index (χ1v) is 13.2. The zero-order valence-corrected chi connectivity index (χ0v) is 21.9. The third-order valence-corrected chi connectivity index (χ3v) is 8.18. The fourth-order valence-electron chi connectivity index (χ4n) is 5.89. The summed E-state index contributed by atoms with van der Waals surface area (Å²) in [5, 5.41) is 12.0. The number of β-amino-alcohol motifs (C(OH)–C–C–N with tert-alkyl or cyclic N) is 1. The van der Waals surface area contributed by atoms with Gasteiger partial charge in [-0.1, -0.05) is 24.5 Å². The Balaban J connectivity index is 1.38. The number of allylic oxidation sites excluding steroid dienone is 2. The van der Waals surface area contributed by atoms with Gasteiger partial charge in [0.15, 0.2) is 5.78 Å². The van der Waals surface area contributed by atoms with Crippen LogP contribution in [0.5, 0.6) is 0 Å². The van der Waals surface area contributed by atoms with Crippen LogP contribution in [0.25, 0.3) is 0 Å². The predicted octanol–water partition coefficient (Wildman–Crippen LogP) is 1.57. The molecule has 2 fully saturated rings. The van der Waals surface area contributed by atoms with Crippen LogP contribution >= 0.6 is 0 Å². The zero-order chi connectivity index (χ0) is 26.5. The monoisotopic (exact) mass is 499 g/mol. The minimum Gasteiger partial charge on any atom is -0.395 e. The maximum absolute atomic E-state index is 12.8. The maximum atomic E-state index is 12.8. The van der Waals surface area contributed by atoms with Gasteiger partial charge in [-0.25, -0.2) is 0 Å². The lowest BCUT2D eigenvalue weighted by molar-refractivity contribution is -0.140. The van der Waals surface area contributed by atoms with E-state index in [9.17, 15) is 19.2 Å². The van der Waals surface area contributed by atoms with Gasteiger partial charge in [0.25, 0.3) is 0 Å². The molecule has 5 atom stereocenters. The summed E-state index contributed by atoms with van der Waals surface area (Å²) in [5.41, 5.74) is -0.759. The van der Waals surface area contributed by atoms with Gasteiger partial charge in [0.2, 0.25) is 11.8 Å². The molecule has 3 aliphatic rings. The lowest BCUT2D eigenvalue weighted by Crippen LogP contribution is -2.49. The van der Waals surface area contributed by atoms with Gasteiger partial charge >= 0.3 is 0 Å². The van der Waals surface area contributed by atoms with E-state index in [4.69, 9.17) is 11.5 Å². The number of terminal acetylenes is 1. The van der Waals surface area contributed by atoms with E-state index in [-0.39, 0.29) is 66.6 Å². The van der Waals surface area contributed by atoms with Crippen molar-refractivity contribution < 1.29 is 24.3 Å². The average Bonchev–Trinajstić information content (AvgIpc) is 3.54. The summed E-state index contributed by atoms with van der Waals surface area (Å²) in [6, 6.07) is -0.397. The molecule has 36 heavy (non-hydrogen) atoms. The molecule has 2 bridgehead atoms. The molecular weight excluding hydrogens is 458 g/mol. The van der Waals surface area contributed by atoms with Crippen LogP contribution in [0.15, 0.2) is 12.2 Å². The Bertz CT molecular complexity index is 891. The highest BCUT2D eigenvalue weighted by molar-refractivity contribution is 6.06. The van der Waals surface area contributed by atoms with Crippen LogP contribution in [0.4, 0.5) is 0 Å². The number of hydrogen-bond donors (Lipinski definition) is 2. The Morgan fingerprint density at radius 1 is 1.17 bits per heavy atom. The van der Waals surface area contributed by atoms with E-state index in [1.165, 1.54) is 4.90 Å². The molecule has 0 radical (unpaired) electrons. The van der Waals surface area contributed by atoms with Crippen molar-refractivity contribution in [1.29, 1.82) is 0 Å². The third kappa shape index (κ3) is 6.13. The smallest absolute Gasteiger partial charge is 0.233 e. The number of imide groups is 1. The second-order valence-electron chi connectivity index (χ2n) is 10.9. The molecule has 3 rings (SSSR count). The quantitative estimate of drug-likeness (QED) is 0.144. The minimum atomic E-state index is -0.759. The molecule has 198 valence electrons. The Kier molecular flexibility index (Phi) is 9.62. The van der Waals surface area contributed by atoms with Crippen LogP contribution in [-0.2, 0) is 19.2 Å². The highest BCUT2D eigenvalue weighted by Crippen LogP contribution is 2.52. The van der Waals surface area contributed by atoms with Gasteiger partial charge in [-0.15, -0.1) is 6.42 Å². The molecule has 0 spiro atoms. The molecule has 8 heteroatoms. The van der Waals surface area contributed by atoms with Gasteiger partial charge in [0.05, 0.1) is 36.6 Å². The molecule has 0 aromatic heterocycles. The summed E-state index contributed by atoms with van der Waals surface area (Å²) in [4.78, 5) is 54.3. The summed E-state index contributed by atoms with van der Waals surface area (Å²) in [6.07, 6.45) is 13.4. The van der Waals surface area contributed by atoms with E-state index in [0.29, 0.717) is 38.9 Å². The Labute approximate surface area is 214 Å². The summed E-state index contributed by atoms with van der Waals surface area (Å²) < 4.78 is 0. The van der Waals surface area contributed by atoms with Crippen molar-refractivity contribution in [3.63, 3.8) is 0 Å². The number of amides is 2. The summed E-state index contributed by atoms with van der Waals surface area (Å²) in [6.45, 7) is 6.77. The first-order valence-electron chi connectivity index (χ1n) is 13.2. The topological polar surface area (TPSA) is 107 Å². The van der Waals surface area contributed by atoms with Gasteiger partial charge in [0, 0.05) is 32.5 Å². The predicted molar refractivity (Wildman–Crippen MR) is 137 cm³/mol. The standard InChI is InChI=1S/C28H41N3O5/c1-5-14-30(16-12-23(34)28(3,4)29-13-17-32)19(2)22(33)9-7-6-8-15-31-26(35)24-20-10-11-21(18-20)25(24)27(31)36/h1,10-11,19-21,24-25,29,32H,6-9,12-18H2,2-4H3/t19?,20-,21+,24+,25-. The maximum Gasteiger partial charge on any atom is 0.233 e. The van der Waals surface area contributed by atoms with Crippen molar-refractivity contribution >= 4 is 23.4 Å². The minimum absolute atomic E-state index is 0.00319. The fourth-order valence-corrected chi connectivity index (χ4v) is 5.89. The number of carbonyl (C=O) groups is 4. The highest BCUT2D eigenvalue weighted by Gasteiger charge is 2.58. The van der Waals surface area contributed by atoms with Crippen LogP contribution in [0.1, 0.15) is 59.3 Å². The van der Waals surface area contributed by atoms with Crippen LogP contribution in [-0.4, -0.2) is 82.7 Å². The number of likely N-dealkylation sites (tertiary alicyclic amines) is 1. The van der Waals surface area contributed by atoms with E-state index in [0.717, 1.165) is 12.8 Å². The molecule has 0 aromatic carbocycles. The van der Waals surface area contributed by atoms with Gasteiger partial charge in [-0.2, -0.15) is 0 Å². The van der Waals surface area contributed by atoms with Crippen LogP contribution in [0.3, 0.4) is 0 Å². The number of unbranched alkanes of at least 4 members (excludes halogenated alkanes) is 2. The van der Waals surface area contributed by atoms with Crippen molar-refractivity contribution in [3.05, 3.63) is 12.2 Å². The molecule has 2 aliphatic carbocycles. The molecule has 1 saturated heterocycles. The lowest BCUT2D eigenvalue weighted by Gasteiger charge is -2.29. The van der Waals surface area contributed by atoms with Crippen molar-refractivity contribution in [3.8, 4) is 12.3 Å². The highest BCUT2D eigenvalue weighted by atomic mass is 16.3. The second kappa shape index (κ2) is 12.3. The van der Waals surface area contributed by atoms with Gasteiger partial charge in [-0.3, -0.25) is 29.0 Å². The second-order valence-corrected chi connectivity index (χ2v) is 10.9. The van der Waals surface area contributed by atoms with E-state index in [1.54, 1.807) is 13.8 Å². The normalized spacial score (nSPS) is 25.5. The van der Waals surface area contributed by atoms with Crippen LogP contribution in [0, 0.1) is 36.0 Å². The molecule has 0 aromatic rings. The van der Waals surface area contributed by atoms with E-state index >= 15 is 0 Å². The number of fused-ring (bicyclic) bond motifs is 5. The van der Waals surface area contributed by atoms with Crippen LogP contribution in [0.2, 0.25) is 0 Å². The Morgan fingerprint density at radius 3 is 2.39 bits per heavy atom. The number of aliphatic hydroxyl groups is 1. The number of hydrogen-bond acceptors (Lipinski definition) is 7. The number of ketones is 2. The Morgan fingerprint density at radius 2 is 1.81 bits per heavy atom. The van der Waals surface area contributed by atoms with E-state index < -0.39 is 11.6 Å². The number of aliphatic hydroxyl groups excluding tert-OH is 1.